The van der Waals surface area contributed by atoms with Gasteiger partial charge in [0, 0.05) is 23.9 Å². The minimum atomic E-state index is -4.50. The highest BCUT2D eigenvalue weighted by Crippen LogP contribution is 2.41. The highest BCUT2D eigenvalue weighted by molar-refractivity contribution is 6.04. The average molecular weight is 517 g/mol. The smallest absolute Gasteiger partial charge is 0.416 e. The van der Waals surface area contributed by atoms with E-state index in [1.165, 1.54) is 4.90 Å². The third-order valence-electron chi connectivity index (χ3n) is 6.19. The number of anilines is 1. The number of carbonyl (C=O) groups is 2. The van der Waals surface area contributed by atoms with Crippen molar-refractivity contribution in [3.63, 3.8) is 0 Å². The summed E-state index contributed by atoms with van der Waals surface area (Å²) in [7, 11) is 3.73. The van der Waals surface area contributed by atoms with Gasteiger partial charge in [0.2, 0.25) is 0 Å². The lowest BCUT2D eigenvalue weighted by Gasteiger charge is -2.32. The normalized spacial score (nSPS) is 15.4. The number of alkyl halides is 3. The average Bonchev–Trinajstić information content (AvgIpc) is 3.36. The Morgan fingerprint density at radius 1 is 1.19 bits per heavy atom. The number of rotatable bonds is 6. The molecule has 0 saturated heterocycles. The number of hydrogen-bond acceptors (Lipinski definition) is 6. The van der Waals surface area contributed by atoms with Gasteiger partial charge in [0.15, 0.2) is 11.9 Å². The summed E-state index contributed by atoms with van der Waals surface area (Å²) in [6.07, 6.45) is -4.03. The number of halogens is 3. The predicted octanol–water partition coefficient (Wildman–Crippen LogP) is 4.57. The maximum Gasteiger partial charge on any atom is 0.416 e. The van der Waals surface area contributed by atoms with Gasteiger partial charge in [0.1, 0.15) is 0 Å². The third-order valence-corrected chi connectivity index (χ3v) is 6.19. The molecule has 9 nitrogen and oxygen atoms in total. The minimum absolute atomic E-state index is 0.0418. The van der Waals surface area contributed by atoms with Crippen molar-refractivity contribution in [1.29, 1.82) is 0 Å². The fraction of sp³-hybridized carbons (Fsp3) is 0.360. The summed E-state index contributed by atoms with van der Waals surface area (Å²) in [4.78, 5) is 33.7. The first-order valence-corrected chi connectivity index (χ1v) is 11.5. The van der Waals surface area contributed by atoms with Crippen molar-refractivity contribution in [1.82, 2.24) is 25.0 Å². The van der Waals surface area contributed by atoms with Crippen molar-refractivity contribution in [3.05, 3.63) is 76.7 Å². The number of H-pyrrole nitrogens is 1. The Balaban J connectivity index is 1.50. The zero-order valence-corrected chi connectivity index (χ0v) is 20.8. The molecule has 1 aromatic carbocycles. The van der Waals surface area contributed by atoms with Crippen LogP contribution in [0.1, 0.15) is 52.8 Å². The molecule has 3 heterocycles. The lowest BCUT2D eigenvalue weighted by molar-refractivity contribution is -0.137. The van der Waals surface area contributed by atoms with Crippen LogP contribution in [0.2, 0.25) is 0 Å². The quantitative estimate of drug-likeness (QED) is 0.498. The first-order chi connectivity index (χ1) is 17.4. The van der Waals surface area contributed by atoms with E-state index >= 15 is 0 Å². The molecule has 12 heteroatoms. The molecular weight excluding hydrogens is 489 g/mol. The van der Waals surface area contributed by atoms with Gasteiger partial charge in [-0.3, -0.25) is 19.8 Å². The van der Waals surface area contributed by atoms with Crippen LogP contribution in [0.4, 0.5) is 23.8 Å². The molecule has 0 unspecified atom stereocenters. The number of likely N-dealkylation sites (N-methyl/N-ethyl adjacent to an activating group) is 1. The van der Waals surface area contributed by atoms with Crippen LogP contribution < -0.4 is 5.32 Å². The highest BCUT2D eigenvalue weighted by atomic mass is 19.4. The molecule has 0 bridgehead atoms. The molecule has 196 valence electrons. The third kappa shape index (κ3) is 5.43. The van der Waals surface area contributed by atoms with Crippen LogP contribution in [0.3, 0.4) is 0 Å². The first-order valence-electron chi connectivity index (χ1n) is 11.5. The summed E-state index contributed by atoms with van der Waals surface area (Å²) in [6, 6.07) is 9.27. The van der Waals surface area contributed by atoms with Gasteiger partial charge in [-0.05, 0) is 64.3 Å². The van der Waals surface area contributed by atoms with E-state index in [0.717, 1.165) is 24.3 Å². The molecule has 1 aliphatic rings. The maximum atomic E-state index is 13.3. The van der Waals surface area contributed by atoms with E-state index in [0.29, 0.717) is 23.5 Å². The molecule has 37 heavy (non-hydrogen) atoms. The van der Waals surface area contributed by atoms with Crippen LogP contribution >= 0.6 is 0 Å². The Hall–Kier alpha value is -3.93. The fourth-order valence-corrected chi connectivity index (χ4v) is 4.18. The van der Waals surface area contributed by atoms with Crippen LogP contribution in [0.5, 0.6) is 0 Å². The van der Waals surface area contributed by atoms with E-state index < -0.39 is 35.4 Å². The number of fused-ring (bicyclic) bond motifs is 1. The molecule has 1 atom stereocenters. The van der Waals surface area contributed by atoms with E-state index in [1.807, 2.05) is 38.9 Å². The second-order valence-corrected chi connectivity index (χ2v) is 9.49. The van der Waals surface area contributed by atoms with Crippen LogP contribution in [-0.4, -0.2) is 57.6 Å². The van der Waals surface area contributed by atoms with E-state index in [4.69, 9.17) is 4.74 Å². The van der Waals surface area contributed by atoms with E-state index in [-0.39, 0.29) is 17.9 Å². The molecule has 2 amide bonds. The van der Waals surface area contributed by atoms with E-state index in [1.54, 1.807) is 18.3 Å². The second kappa shape index (κ2) is 9.85. The molecule has 0 saturated carbocycles. The Morgan fingerprint density at radius 3 is 2.49 bits per heavy atom. The van der Waals surface area contributed by atoms with Crippen molar-refractivity contribution in [2.45, 2.75) is 38.2 Å². The molecule has 1 aliphatic heterocycles. The van der Waals surface area contributed by atoms with Gasteiger partial charge in [0.25, 0.3) is 5.91 Å². The highest BCUT2D eigenvalue weighted by Gasteiger charge is 2.45. The summed E-state index contributed by atoms with van der Waals surface area (Å²) in [5.41, 5.74) is 0.187. The Kier molecular flexibility index (Phi) is 6.96. The molecule has 2 aromatic heterocycles. The summed E-state index contributed by atoms with van der Waals surface area (Å²) in [6.45, 7) is 4.18. The van der Waals surface area contributed by atoms with Crippen molar-refractivity contribution in [3.8, 4) is 0 Å². The van der Waals surface area contributed by atoms with E-state index in [2.05, 4.69) is 20.5 Å². The van der Waals surface area contributed by atoms with Crippen LogP contribution in [0, 0.1) is 0 Å². The molecule has 0 fully saturated rings. The number of ether oxygens (including phenoxy) is 1. The monoisotopic (exact) mass is 516 g/mol. The Morgan fingerprint density at radius 2 is 1.89 bits per heavy atom. The van der Waals surface area contributed by atoms with Gasteiger partial charge >= 0.3 is 12.3 Å². The number of amides is 2. The molecular formula is C25H27F3N6O3. The van der Waals surface area contributed by atoms with E-state index in [9.17, 15) is 22.8 Å². The Labute approximate surface area is 211 Å². The zero-order valence-electron chi connectivity index (χ0n) is 20.8. The van der Waals surface area contributed by atoms with Crippen molar-refractivity contribution in [2.75, 3.05) is 26.0 Å². The molecule has 0 radical (unpaired) electrons. The number of aromatic nitrogens is 3. The molecule has 3 aromatic rings. The fourth-order valence-electron chi connectivity index (χ4n) is 4.18. The van der Waals surface area contributed by atoms with Gasteiger partial charge in [0.05, 0.1) is 29.0 Å². The first kappa shape index (κ1) is 26.1. The SMILES string of the molecule is CN(C)C[C@@H](OC(=O)N1Cc2c(NC(=O)c3ccc(C(F)(F)F)cc3)n[nH]c2C1(C)C)c1ccccn1. The number of nitrogens with one attached hydrogen (secondary N) is 2. The number of aromatic amines is 1. The standard InChI is InChI=1S/C25H27F3N6O3/c1-24(2)20-17(13-34(24)23(36)37-19(14-33(3)4)18-7-5-6-12-29-18)21(32-31-20)30-22(35)15-8-10-16(11-9-15)25(26,27)28/h5-12,19H,13-14H2,1-4H3,(H2,30,31,32,35)/t19-/m1/s1. The zero-order chi connectivity index (χ0) is 27.0. The number of pyridine rings is 1. The lowest BCUT2D eigenvalue weighted by Crippen LogP contribution is -2.42. The van der Waals surface area contributed by atoms with Gasteiger partial charge in [-0.2, -0.15) is 18.3 Å². The topological polar surface area (TPSA) is 103 Å². The number of benzene rings is 1. The van der Waals surface area contributed by atoms with Crippen molar-refractivity contribution >= 4 is 17.8 Å². The summed E-state index contributed by atoms with van der Waals surface area (Å²) >= 11 is 0. The number of carbonyl (C=O) groups excluding carboxylic acids is 2. The molecule has 0 aliphatic carbocycles. The summed E-state index contributed by atoms with van der Waals surface area (Å²) in [5, 5.41) is 9.67. The summed E-state index contributed by atoms with van der Waals surface area (Å²) < 4.78 is 44.3. The molecule has 0 spiro atoms. The Bertz CT molecular complexity index is 1270. The molecule has 4 rings (SSSR count). The largest absolute Gasteiger partial charge is 0.438 e. The molecule has 2 N–H and O–H groups in total. The van der Waals surface area contributed by atoms with Crippen LogP contribution in [0.15, 0.2) is 48.7 Å². The van der Waals surface area contributed by atoms with Gasteiger partial charge in [-0.1, -0.05) is 6.07 Å². The van der Waals surface area contributed by atoms with Crippen molar-refractivity contribution < 1.29 is 27.5 Å². The number of hydrogen-bond donors (Lipinski definition) is 2. The lowest BCUT2D eigenvalue weighted by atomic mass is 10.0. The van der Waals surface area contributed by atoms with Gasteiger partial charge < -0.3 is 15.0 Å². The predicted molar refractivity (Wildman–Crippen MR) is 129 cm³/mol. The van der Waals surface area contributed by atoms with Crippen molar-refractivity contribution in [2.24, 2.45) is 0 Å². The summed E-state index contributed by atoms with van der Waals surface area (Å²) in [5.74, 6) is -0.430. The number of nitrogens with zero attached hydrogens (tertiary/aromatic N) is 4. The maximum absolute atomic E-state index is 13.3. The minimum Gasteiger partial charge on any atom is -0.438 e. The van der Waals surface area contributed by atoms with Gasteiger partial charge in [-0.15, -0.1) is 0 Å². The van der Waals surface area contributed by atoms with Crippen LogP contribution in [0.25, 0.3) is 0 Å². The van der Waals surface area contributed by atoms with Crippen LogP contribution in [-0.2, 0) is 23.0 Å². The van der Waals surface area contributed by atoms with Gasteiger partial charge in [-0.25, -0.2) is 4.79 Å². The second-order valence-electron chi connectivity index (χ2n) is 9.49.